The van der Waals surface area contributed by atoms with Gasteiger partial charge in [0.15, 0.2) is 11.5 Å². The third-order valence-corrected chi connectivity index (χ3v) is 7.68. The summed E-state index contributed by atoms with van der Waals surface area (Å²) in [4.78, 5) is 12.8. The van der Waals surface area contributed by atoms with Gasteiger partial charge in [-0.2, -0.15) is 5.10 Å². The minimum atomic E-state index is -4.35. The summed E-state index contributed by atoms with van der Waals surface area (Å²) >= 11 is 12.2. The molecule has 0 aromatic heterocycles. The van der Waals surface area contributed by atoms with Crippen LogP contribution in [0.1, 0.15) is 5.56 Å². The van der Waals surface area contributed by atoms with Crippen molar-refractivity contribution in [1.82, 2.24) is 5.43 Å². The van der Waals surface area contributed by atoms with Crippen LogP contribution < -0.4 is 28.7 Å². The van der Waals surface area contributed by atoms with Crippen LogP contribution in [0.2, 0.25) is 10.0 Å². The van der Waals surface area contributed by atoms with Gasteiger partial charge in [-0.3, -0.25) is 9.10 Å². The maximum Gasteiger partial charge on any atom is 0.265 e. The SMILES string of the molecule is COc1ccc(OC)c(N(CC(=O)N/N=C\c2c(Cl)cccc2Cl)S(=O)(=O)c2ccc(OC)c(OC)c2)c1. The fourth-order valence-electron chi connectivity index (χ4n) is 3.36. The third-order valence-electron chi connectivity index (χ3n) is 5.27. The number of nitrogens with one attached hydrogen (secondary N) is 1. The van der Waals surface area contributed by atoms with Crippen molar-refractivity contribution in [2.45, 2.75) is 4.90 Å². The predicted octanol–water partition coefficient (Wildman–Crippen LogP) is 4.37. The number of ether oxygens (including phenoxy) is 4. The van der Waals surface area contributed by atoms with Crippen LogP contribution in [0.15, 0.2) is 64.6 Å². The Morgan fingerprint density at radius 1 is 0.895 bits per heavy atom. The molecule has 0 atom stereocenters. The number of nitrogens with zero attached hydrogens (tertiary/aromatic N) is 2. The largest absolute Gasteiger partial charge is 0.497 e. The lowest BCUT2D eigenvalue weighted by Gasteiger charge is -2.26. The molecule has 0 aliphatic heterocycles. The van der Waals surface area contributed by atoms with Gasteiger partial charge in [0, 0.05) is 17.7 Å². The van der Waals surface area contributed by atoms with Crippen LogP contribution in [0.5, 0.6) is 23.0 Å². The van der Waals surface area contributed by atoms with Gasteiger partial charge in [0.2, 0.25) is 0 Å². The van der Waals surface area contributed by atoms with Crippen molar-refractivity contribution in [1.29, 1.82) is 0 Å². The number of rotatable bonds is 11. The Morgan fingerprint density at radius 2 is 1.53 bits per heavy atom. The molecule has 1 amide bonds. The Kier molecular flexibility index (Phi) is 9.67. The quantitative estimate of drug-likeness (QED) is 0.264. The second-order valence-electron chi connectivity index (χ2n) is 7.49. The molecule has 0 unspecified atom stereocenters. The highest BCUT2D eigenvalue weighted by molar-refractivity contribution is 7.92. The molecule has 1 N–H and O–H groups in total. The number of hydrogen-bond acceptors (Lipinski definition) is 8. The molecule has 0 fully saturated rings. The molecule has 0 radical (unpaired) electrons. The molecule has 3 aromatic carbocycles. The summed E-state index contributed by atoms with van der Waals surface area (Å²) in [5.41, 5.74) is 2.76. The fraction of sp³-hybridized carbons (Fsp3) is 0.200. The lowest BCUT2D eigenvalue weighted by Crippen LogP contribution is -2.39. The van der Waals surface area contributed by atoms with Crippen molar-refractivity contribution in [3.8, 4) is 23.0 Å². The number of carbonyl (C=O) groups excluding carboxylic acids is 1. The molecular formula is C25H25Cl2N3O7S. The summed E-state index contributed by atoms with van der Waals surface area (Å²) in [6.07, 6.45) is 1.27. The highest BCUT2D eigenvalue weighted by Gasteiger charge is 2.31. The normalized spacial score (nSPS) is 11.2. The van der Waals surface area contributed by atoms with Gasteiger partial charge in [-0.25, -0.2) is 13.8 Å². The molecule has 38 heavy (non-hydrogen) atoms. The van der Waals surface area contributed by atoms with E-state index in [2.05, 4.69) is 10.5 Å². The topological polar surface area (TPSA) is 116 Å². The van der Waals surface area contributed by atoms with E-state index in [0.29, 0.717) is 27.1 Å². The summed E-state index contributed by atoms with van der Waals surface area (Å²) in [6, 6.07) is 13.5. The van der Waals surface area contributed by atoms with Crippen LogP contribution in [0.4, 0.5) is 5.69 Å². The van der Waals surface area contributed by atoms with E-state index >= 15 is 0 Å². The van der Waals surface area contributed by atoms with Gasteiger partial charge in [0.05, 0.1) is 55.3 Å². The van der Waals surface area contributed by atoms with E-state index < -0.39 is 22.5 Å². The van der Waals surface area contributed by atoms with E-state index in [1.165, 1.54) is 65.0 Å². The van der Waals surface area contributed by atoms with Crippen molar-refractivity contribution in [3.63, 3.8) is 0 Å². The summed E-state index contributed by atoms with van der Waals surface area (Å²) in [7, 11) is 1.28. The number of methoxy groups -OCH3 is 4. The molecule has 0 saturated carbocycles. The lowest BCUT2D eigenvalue weighted by atomic mass is 10.2. The van der Waals surface area contributed by atoms with Crippen molar-refractivity contribution >= 4 is 51.0 Å². The Hall–Kier alpha value is -3.67. The van der Waals surface area contributed by atoms with E-state index in [4.69, 9.17) is 42.1 Å². The molecule has 0 spiro atoms. The Labute approximate surface area is 230 Å². The second kappa shape index (κ2) is 12.7. The van der Waals surface area contributed by atoms with E-state index in [0.717, 1.165) is 4.31 Å². The van der Waals surface area contributed by atoms with Crippen molar-refractivity contribution in [2.24, 2.45) is 5.10 Å². The first kappa shape index (κ1) is 28.9. The van der Waals surface area contributed by atoms with Crippen LogP contribution in [0.3, 0.4) is 0 Å². The fourth-order valence-corrected chi connectivity index (χ4v) is 5.30. The van der Waals surface area contributed by atoms with Crippen molar-refractivity contribution < 1.29 is 32.2 Å². The second-order valence-corrected chi connectivity index (χ2v) is 10.2. The van der Waals surface area contributed by atoms with Gasteiger partial charge < -0.3 is 18.9 Å². The number of anilines is 1. The van der Waals surface area contributed by atoms with Gasteiger partial charge >= 0.3 is 0 Å². The van der Waals surface area contributed by atoms with E-state index in [1.807, 2.05) is 0 Å². The van der Waals surface area contributed by atoms with Crippen molar-refractivity contribution in [3.05, 3.63) is 70.2 Å². The average molecular weight is 582 g/mol. The Bertz CT molecular complexity index is 1430. The average Bonchev–Trinajstić information content (AvgIpc) is 2.92. The van der Waals surface area contributed by atoms with E-state index in [1.54, 1.807) is 24.3 Å². The summed E-state index contributed by atoms with van der Waals surface area (Å²) in [5, 5.41) is 4.54. The van der Waals surface area contributed by atoms with Gasteiger partial charge in [-0.05, 0) is 36.4 Å². The van der Waals surface area contributed by atoms with Crippen LogP contribution in [-0.2, 0) is 14.8 Å². The van der Waals surface area contributed by atoms with Crippen LogP contribution >= 0.6 is 23.2 Å². The number of hydrazone groups is 1. The van der Waals surface area contributed by atoms with E-state index in [9.17, 15) is 13.2 Å². The molecule has 0 aliphatic carbocycles. The number of amides is 1. The van der Waals surface area contributed by atoms with Crippen LogP contribution in [0, 0.1) is 0 Å². The molecule has 0 saturated heterocycles. The molecule has 3 aromatic rings. The first-order valence-corrected chi connectivity index (χ1v) is 13.1. The van der Waals surface area contributed by atoms with E-state index in [-0.39, 0.29) is 22.1 Å². The summed E-state index contributed by atoms with van der Waals surface area (Å²) < 4.78 is 49.7. The maximum atomic E-state index is 13.9. The van der Waals surface area contributed by atoms with Crippen LogP contribution in [0.25, 0.3) is 0 Å². The first-order valence-electron chi connectivity index (χ1n) is 10.9. The molecule has 0 heterocycles. The molecule has 10 nitrogen and oxygen atoms in total. The Morgan fingerprint density at radius 3 is 2.13 bits per heavy atom. The molecule has 3 rings (SSSR count). The standard InChI is InChI=1S/C25H25Cl2N3O7S/c1-34-16-8-10-22(35-2)21(12-16)30(38(32,33)17-9-11-23(36-3)24(13-17)37-4)15-25(31)29-28-14-18-19(26)6-5-7-20(18)27/h5-14H,15H2,1-4H3,(H,29,31)/b28-14-. The molecule has 0 bridgehead atoms. The molecule has 0 aliphatic rings. The zero-order chi connectivity index (χ0) is 27.9. The van der Waals surface area contributed by atoms with Crippen LogP contribution in [-0.4, -0.2) is 55.5 Å². The van der Waals surface area contributed by atoms with Gasteiger partial charge in [-0.15, -0.1) is 0 Å². The number of carbonyl (C=O) groups is 1. The highest BCUT2D eigenvalue weighted by atomic mass is 35.5. The minimum Gasteiger partial charge on any atom is -0.497 e. The Balaban J connectivity index is 2.02. The zero-order valence-corrected chi connectivity index (χ0v) is 23.2. The molecule has 202 valence electrons. The van der Waals surface area contributed by atoms with Gasteiger partial charge in [-0.1, -0.05) is 29.3 Å². The van der Waals surface area contributed by atoms with Gasteiger partial charge in [0.1, 0.15) is 18.0 Å². The number of sulfonamides is 1. The highest BCUT2D eigenvalue weighted by Crippen LogP contribution is 2.37. The zero-order valence-electron chi connectivity index (χ0n) is 20.9. The number of halogens is 2. The number of benzene rings is 3. The smallest absolute Gasteiger partial charge is 0.265 e. The first-order chi connectivity index (χ1) is 18.2. The summed E-state index contributed by atoms with van der Waals surface area (Å²) in [5.74, 6) is 0.312. The van der Waals surface area contributed by atoms with Gasteiger partial charge in [0.25, 0.3) is 15.9 Å². The minimum absolute atomic E-state index is 0.0647. The maximum absolute atomic E-state index is 13.9. The number of hydrogen-bond donors (Lipinski definition) is 1. The third kappa shape index (κ3) is 6.42. The van der Waals surface area contributed by atoms with Crippen molar-refractivity contribution in [2.75, 3.05) is 39.3 Å². The predicted molar refractivity (Wildman–Crippen MR) is 146 cm³/mol. The monoisotopic (exact) mass is 581 g/mol. The lowest BCUT2D eigenvalue weighted by molar-refractivity contribution is -0.119. The molecular weight excluding hydrogens is 557 g/mol. The molecule has 13 heteroatoms. The summed E-state index contributed by atoms with van der Waals surface area (Å²) in [6.45, 7) is -0.659.